The number of hydrogen-bond donors (Lipinski definition) is 1. The Morgan fingerprint density at radius 1 is 1.29 bits per heavy atom. The number of primary sulfonamides is 1. The zero-order chi connectivity index (χ0) is 15.6. The highest BCUT2D eigenvalue weighted by Gasteiger charge is 2.21. The number of benzene rings is 1. The maximum atomic E-state index is 11.6. The van der Waals surface area contributed by atoms with E-state index in [4.69, 9.17) is 5.14 Å². The van der Waals surface area contributed by atoms with E-state index in [2.05, 4.69) is 10.2 Å². The first-order chi connectivity index (χ1) is 9.77. The minimum atomic E-state index is -3.87. The first-order valence-corrected chi connectivity index (χ1v) is 8.32. The van der Waals surface area contributed by atoms with Crippen molar-refractivity contribution in [3.05, 3.63) is 41.2 Å². The summed E-state index contributed by atoms with van der Waals surface area (Å²) in [4.78, 5) is 0. The smallest absolute Gasteiger partial charge is 0.273 e. The van der Waals surface area contributed by atoms with Crippen molar-refractivity contribution in [1.29, 1.82) is 0 Å². The van der Waals surface area contributed by atoms with Gasteiger partial charge in [-0.25, -0.2) is 13.6 Å². The van der Waals surface area contributed by atoms with E-state index < -0.39 is 10.0 Å². The Morgan fingerprint density at radius 3 is 2.57 bits per heavy atom. The molecular formula is C14H20N4O2S. The minimum Gasteiger partial charge on any atom is -0.300 e. The maximum Gasteiger partial charge on any atom is 0.273 e. The summed E-state index contributed by atoms with van der Waals surface area (Å²) in [6.07, 6.45) is 0.525. The molecule has 0 aliphatic carbocycles. The number of sulfonamides is 1. The Balaban J connectivity index is 2.42. The SMILES string of the molecule is Cc1cccc(Cc2nnc(S(N)(=O)=O)n2CC(C)C)c1. The zero-order valence-electron chi connectivity index (χ0n) is 12.4. The van der Waals surface area contributed by atoms with E-state index in [1.807, 2.05) is 45.0 Å². The van der Waals surface area contributed by atoms with Crippen molar-refractivity contribution in [3.8, 4) is 0 Å². The van der Waals surface area contributed by atoms with Gasteiger partial charge in [0.25, 0.3) is 15.2 Å². The highest BCUT2D eigenvalue weighted by molar-refractivity contribution is 7.89. The Labute approximate surface area is 125 Å². The van der Waals surface area contributed by atoms with Gasteiger partial charge >= 0.3 is 0 Å². The van der Waals surface area contributed by atoms with Crippen LogP contribution >= 0.6 is 0 Å². The van der Waals surface area contributed by atoms with Crippen LogP contribution in [-0.2, 0) is 23.0 Å². The molecule has 0 radical (unpaired) electrons. The van der Waals surface area contributed by atoms with Crippen LogP contribution in [0, 0.1) is 12.8 Å². The molecule has 0 fully saturated rings. The van der Waals surface area contributed by atoms with Crippen molar-refractivity contribution in [2.75, 3.05) is 0 Å². The van der Waals surface area contributed by atoms with Gasteiger partial charge in [-0.2, -0.15) is 0 Å². The fourth-order valence-electron chi connectivity index (χ4n) is 2.21. The van der Waals surface area contributed by atoms with Gasteiger partial charge in [0.05, 0.1) is 0 Å². The van der Waals surface area contributed by atoms with Gasteiger partial charge in [-0.15, -0.1) is 10.2 Å². The quantitative estimate of drug-likeness (QED) is 0.905. The third-order valence-corrected chi connectivity index (χ3v) is 3.85. The summed E-state index contributed by atoms with van der Waals surface area (Å²) in [5.74, 6) is 0.871. The van der Waals surface area contributed by atoms with Crippen LogP contribution in [0.1, 0.15) is 30.8 Å². The average Bonchev–Trinajstić information content (AvgIpc) is 2.71. The third kappa shape index (κ3) is 3.89. The predicted molar refractivity (Wildman–Crippen MR) is 80.2 cm³/mol. The van der Waals surface area contributed by atoms with Crippen molar-refractivity contribution < 1.29 is 8.42 Å². The predicted octanol–water partition coefficient (Wildman–Crippen LogP) is 1.48. The van der Waals surface area contributed by atoms with Gasteiger partial charge in [0.15, 0.2) is 0 Å². The monoisotopic (exact) mass is 308 g/mol. The fourth-order valence-corrected chi connectivity index (χ4v) is 2.86. The van der Waals surface area contributed by atoms with Crippen molar-refractivity contribution >= 4 is 10.0 Å². The first kappa shape index (κ1) is 15.7. The molecule has 1 aromatic carbocycles. The van der Waals surface area contributed by atoms with Crippen molar-refractivity contribution in [1.82, 2.24) is 14.8 Å². The van der Waals surface area contributed by atoms with Gasteiger partial charge in [-0.3, -0.25) is 0 Å². The summed E-state index contributed by atoms with van der Waals surface area (Å²) in [6.45, 7) is 6.53. The van der Waals surface area contributed by atoms with Gasteiger partial charge in [0.2, 0.25) is 0 Å². The van der Waals surface area contributed by atoms with Crippen LogP contribution in [0.5, 0.6) is 0 Å². The highest BCUT2D eigenvalue weighted by Crippen LogP contribution is 2.15. The molecule has 0 aliphatic heterocycles. The van der Waals surface area contributed by atoms with Crippen molar-refractivity contribution in [2.45, 2.75) is 38.9 Å². The fraction of sp³-hybridized carbons (Fsp3) is 0.429. The largest absolute Gasteiger partial charge is 0.300 e. The van der Waals surface area contributed by atoms with Gasteiger partial charge in [0, 0.05) is 13.0 Å². The summed E-state index contributed by atoms with van der Waals surface area (Å²) in [7, 11) is -3.87. The molecule has 6 nitrogen and oxygen atoms in total. The molecule has 7 heteroatoms. The lowest BCUT2D eigenvalue weighted by molar-refractivity contribution is 0.472. The van der Waals surface area contributed by atoms with Crippen LogP contribution < -0.4 is 5.14 Å². The second-order valence-corrected chi connectivity index (χ2v) is 7.07. The summed E-state index contributed by atoms with van der Waals surface area (Å²) < 4.78 is 24.8. The van der Waals surface area contributed by atoms with E-state index in [9.17, 15) is 8.42 Å². The van der Waals surface area contributed by atoms with Crippen LogP contribution in [0.25, 0.3) is 0 Å². The van der Waals surface area contributed by atoms with Crippen LogP contribution in [0.15, 0.2) is 29.4 Å². The van der Waals surface area contributed by atoms with Crippen molar-refractivity contribution in [2.24, 2.45) is 11.1 Å². The van der Waals surface area contributed by atoms with Crippen LogP contribution in [-0.4, -0.2) is 23.2 Å². The Morgan fingerprint density at radius 2 is 2.00 bits per heavy atom. The van der Waals surface area contributed by atoms with Gasteiger partial charge < -0.3 is 4.57 Å². The minimum absolute atomic E-state index is 0.168. The molecule has 2 aromatic rings. The maximum absolute atomic E-state index is 11.6. The van der Waals surface area contributed by atoms with Gasteiger partial charge in [-0.05, 0) is 18.4 Å². The lowest BCUT2D eigenvalue weighted by Gasteiger charge is -2.12. The number of rotatable bonds is 5. The van der Waals surface area contributed by atoms with E-state index in [1.54, 1.807) is 4.57 Å². The Hall–Kier alpha value is -1.73. The molecule has 0 saturated heterocycles. The number of hydrogen-bond acceptors (Lipinski definition) is 4. The number of aryl methyl sites for hydroxylation is 1. The van der Waals surface area contributed by atoms with Crippen molar-refractivity contribution in [3.63, 3.8) is 0 Å². The average molecular weight is 308 g/mol. The van der Waals surface area contributed by atoms with E-state index in [0.717, 1.165) is 11.1 Å². The molecule has 1 aromatic heterocycles. The molecule has 0 amide bonds. The van der Waals surface area contributed by atoms with E-state index in [0.29, 0.717) is 18.8 Å². The summed E-state index contributed by atoms with van der Waals surface area (Å²) in [5.41, 5.74) is 2.21. The molecule has 0 aliphatic rings. The van der Waals surface area contributed by atoms with Crippen LogP contribution in [0.3, 0.4) is 0 Å². The molecule has 2 N–H and O–H groups in total. The third-order valence-electron chi connectivity index (χ3n) is 3.04. The zero-order valence-corrected chi connectivity index (χ0v) is 13.3. The molecule has 0 saturated carbocycles. The topological polar surface area (TPSA) is 90.9 Å². The van der Waals surface area contributed by atoms with E-state index in [-0.39, 0.29) is 11.1 Å². The lowest BCUT2D eigenvalue weighted by Crippen LogP contribution is -2.21. The molecule has 114 valence electrons. The second-order valence-electron chi connectivity index (χ2n) is 5.61. The molecule has 0 unspecified atom stereocenters. The summed E-state index contributed by atoms with van der Waals surface area (Å²) in [5, 5.41) is 12.8. The molecule has 21 heavy (non-hydrogen) atoms. The lowest BCUT2D eigenvalue weighted by atomic mass is 10.1. The standard InChI is InChI=1S/C14H20N4O2S/c1-10(2)9-18-13(16-17-14(18)21(15,19)20)8-12-6-4-5-11(3)7-12/h4-7,10H,8-9H2,1-3H3,(H2,15,19,20). The first-order valence-electron chi connectivity index (χ1n) is 6.78. The van der Waals surface area contributed by atoms with Crippen LogP contribution in [0.2, 0.25) is 0 Å². The molecule has 0 spiro atoms. The van der Waals surface area contributed by atoms with E-state index >= 15 is 0 Å². The summed E-state index contributed by atoms with van der Waals surface area (Å²) in [6, 6.07) is 8.01. The summed E-state index contributed by atoms with van der Waals surface area (Å²) >= 11 is 0. The highest BCUT2D eigenvalue weighted by atomic mass is 32.2. The number of nitrogens with two attached hydrogens (primary N) is 1. The molecule has 0 atom stereocenters. The van der Waals surface area contributed by atoms with Crippen LogP contribution in [0.4, 0.5) is 0 Å². The second kappa shape index (κ2) is 5.95. The number of nitrogens with zero attached hydrogens (tertiary/aromatic N) is 3. The molecule has 2 rings (SSSR count). The molecular weight excluding hydrogens is 288 g/mol. The molecule has 1 heterocycles. The number of aromatic nitrogens is 3. The Kier molecular flexibility index (Phi) is 4.43. The van der Waals surface area contributed by atoms with Gasteiger partial charge in [0.1, 0.15) is 5.82 Å². The Bertz CT molecular complexity index is 735. The normalized spacial score (nSPS) is 12.0. The van der Waals surface area contributed by atoms with Gasteiger partial charge in [-0.1, -0.05) is 43.7 Å². The molecule has 0 bridgehead atoms. The van der Waals surface area contributed by atoms with E-state index in [1.165, 1.54) is 0 Å².